The maximum absolute atomic E-state index is 12.1. The van der Waals surface area contributed by atoms with E-state index in [0.29, 0.717) is 5.56 Å². The molecule has 0 aliphatic rings. The number of anilines is 1. The van der Waals surface area contributed by atoms with Crippen molar-refractivity contribution < 1.29 is 4.79 Å². The molecule has 0 saturated carbocycles. The number of carbonyl (C=O) groups is 1. The molecule has 1 amide bonds. The van der Waals surface area contributed by atoms with Crippen LogP contribution in [0.2, 0.25) is 0 Å². The molecule has 0 spiro atoms. The monoisotopic (exact) mass is 243 g/mol. The number of H-pyrrole nitrogens is 1. The molecule has 4 nitrogen and oxygen atoms in total. The molecule has 0 aliphatic carbocycles. The molecule has 1 heterocycles. The fraction of sp³-hybridized carbons (Fsp3) is 0.286. The van der Waals surface area contributed by atoms with E-state index in [1.54, 1.807) is 0 Å². The molecule has 2 aromatic rings. The predicted molar refractivity (Wildman–Crippen MR) is 71.8 cm³/mol. The lowest BCUT2D eigenvalue weighted by Gasteiger charge is -2.06. The van der Waals surface area contributed by atoms with Crippen LogP contribution in [0, 0.1) is 13.8 Å². The number of amides is 1. The van der Waals surface area contributed by atoms with Crippen LogP contribution in [0.25, 0.3) is 0 Å². The lowest BCUT2D eigenvalue weighted by atomic mass is 10.1. The first kappa shape index (κ1) is 12.4. The third-order valence-electron chi connectivity index (χ3n) is 2.98. The molecular weight excluding hydrogens is 226 g/mol. The van der Waals surface area contributed by atoms with Gasteiger partial charge in [-0.1, -0.05) is 19.1 Å². The summed E-state index contributed by atoms with van der Waals surface area (Å²) in [5.74, 6) is -0.122. The normalized spacial score (nSPS) is 10.4. The minimum absolute atomic E-state index is 0.122. The topological polar surface area (TPSA) is 57.8 Å². The maximum Gasteiger partial charge on any atom is 0.259 e. The lowest BCUT2D eigenvalue weighted by Crippen LogP contribution is -2.13. The van der Waals surface area contributed by atoms with Crippen molar-refractivity contribution in [2.45, 2.75) is 27.2 Å². The van der Waals surface area contributed by atoms with E-state index in [2.05, 4.69) is 22.4 Å². The van der Waals surface area contributed by atoms with Crippen LogP contribution >= 0.6 is 0 Å². The number of aryl methyl sites for hydroxylation is 3. The number of hydrogen-bond acceptors (Lipinski definition) is 2. The van der Waals surface area contributed by atoms with Crippen molar-refractivity contribution in [3.63, 3.8) is 0 Å². The summed E-state index contributed by atoms with van der Waals surface area (Å²) in [5, 5.41) is 9.71. The van der Waals surface area contributed by atoms with Crippen molar-refractivity contribution in [3.8, 4) is 0 Å². The summed E-state index contributed by atoms with van der Waals surface area (Å²) in [6, 6.07) is 7.87. The number of nitrogens with zero attached hydrogens (tertiary/aromatic N) is 1. The number of nitrogens with one attached hydrogen (secondary N) is 2. The van der Waals surface area contributed by atoms with Crippen LogP contribution in [0.5, 0.6) is 0 Å². The molecule has 1 aromatic carbocycles. The molecule has 0 bridgehead atoms. The lowest BCUT2D eigenvalue weighted by molar-refractivity contribution is 0.102. The molecule has 0 saturated heterocycles. The molecule has 94 valence electrons. The van der Waals surface area contributed by atoms with Crippen LogP contribution < -0.4 is 5.32 Å². The number of aromatic nitrogens is 2. The van der Waals surface area contributed by atoms with Gasteiger partial charge in [-0.05, 0) is 38.0 Å². The first-order valence-electron chi connectivity index (χ1n) is 6.03. The average Bonchev–Trinajstić information content (AvgIpc) is 2.70. The minimum atomic E-state index is -0.122. The van der Waals surface area contributed by atoms with Crippen molar-refractivity contribution in [2.24, 2.45) is 0 Å². The van der Waals surface area contributed by atoms with E-state index in [1.807, 2.05) is 38.1 Å². The van der Waals surface area contributed by atoms with E-state index in [9.17, 15) is 4.79 Å². The quantitative estimate of drug-likeness (QED) is 0.870. The maximum atomic E-state index is 12.1. The van der Waals surface area contributed by atoms with Gasteiger partial charge in [0.2, 0.25) is 0 Å². The molecule has 2 N–H and O–H groups in total. The first-order chi connectivity index (χ1) is 8.61. The Bertz CT molecular complexity index is 535. The summed E-state index contributed by atoms with van der Waals surface area (Å²) in [5.41, 5.74) is 4.18. The van der Waals surface area contributed by atoms with Gasteiger partial charge in [-0.15, -0.1) is 0 Å². The average molecular weight is 243 g/mol. The van der Waals surface area contributed by atoms with Gasteiger partial charge in [0.05, 0.1) is 11.3 Å². The van der Waals surface area contributed by atoms with Gasteiger partial charge in [-0.25, -0.2) is 0 Å². The van der Waals surface area contributed by atoms with Crippen molar-refractivity contribution >= 4 is 11.6 Å². The first-order valence-corrected chi connectivity index (χ1v) is 6.03. The summed E-state index contributed by atoms with van der Waals surface area (Å²) in [4.78, 5) is 12.1. The Morgan fingerprint density at radius 3 is 2.44 bits per heavy atom. The molecule has 4 heteroatoms. The second-order valence-electron chi connectivity index (χ2n) is 4.31. The highest BCUT2D eigenvalue weighted by atomic mass is 16.1. The Balaban J connectivity index is 2.16. The molecular formula is C14H17N3O. The van der Waals surface area contributed by atoms with Crippen molar-refractivity contribution in [2.75, 3.05) is 5.32 Å². The van der Waals surface area contributed by atoms with Crippen LogP contribution in [0.15, 0.2) is 24.3 Å². The molecule has 0 aliphatic heterocycles. The number of rotatable bonds is 3. The Hall–Kier alpha value is -2.10. The van der Waals surface area contributed by atoms with E-state index in [-0.39, 0.29) is 5.91 Å². The summed E-state index contributed by atoms with van der Waals surface area (Å²) in [6.45, 7) is 5.76. The molecule has 1 aromatic heterocycles. The van der Waals surface area contributed by atoms with Crippen molar-refractivity contribution in [1.82, 2.24) is 10.2 Å². The van der Waals surface area contributed by atoms with E-state index in [1.165, 1.54) is 5.56 Å². The second kappa shape index (κ2) is 5.04. The number of benzene rings is 1. The summed E-state index contributed by atoms with van der Waals surface area (Å²) < 4.78 is 0. The fourth-order valence-electron chi connectivity index (χ4n) is 1.90. The standard InChI is InChI=1S/C14H17N3O/c1-4-11-5-7-12(8-6-11)15-14(18)13-9(2)16-17-10(13)3/h5-8H,4H2,1-3H3,(H,15,18)(H,16,17). The van der Waals surface area contributed by atoms with Gasteiger partial charge in [0.1, 0.15) is 0 Å². The SMILES string of the molecule is CCc1ccc(NC(=O)c2c(C)n[nH]c2C)cc1. The Morgan fingerprint density at radius 1 is 1.28 bits per heavy atom. The van der Waals surface area contributed by atoms with Gasteiger partial charge in [-0.2, -0.15) is 5.10 Å². The largest absolute Gasteiger partial charge is 0.322 e. The van der Waals surface area contributed by atoms with Gasteiger partial charge in [0.15, 0.2) is 0 Å². The van der Waals surface area contributed by atoms with Crippen LogP contribution in [0.4, 0.5) is 5.69 Å². The van der Waals surface area contributed by atoms with E-state index in [4.69, 9.17) is 0 Å². The molecule has 0 radical (unpaired) electrons. The third-order valence-corrected chi connectivity index (χ3v) is 2.98. The molecule has 0 atom stereocenters. The molecule has 18 heavy (non-hydrogen) atoms. The molecule has 0 unspecified atom stereocenters. The van der Waals surface area contributed by atoms with Gasteiger partial charge in [0.25, 0.3) is 5.91 Å². The molecule has 2 rings (SSSR count). The Kier molecular flexibility index (Phi) is 3.46. The zero-order chi connectivity index (χ0) is 13.1. The van der Waals surface area contributed by atoms with Crippen LogP contribution in [0.1, 0.15) is 34.2 Å². The van der Waals surface area contributed by atoms with Gasteiger partial charge in [0, 0.05) is 11.4 Å². The summed E-state index contributed by atoms with van der Waals surface area (Å²) in [6.07, 6.45) is 0.994. The highest BCUT2D eigenvalue weighted by Gasteiger charge is 2.14. The number of aromatic amines is 1. The summed E-state index contributed by atoms with van der Waals surface area (Å²) in [7, 11) is 0. The number of hydrogen-bond donors (Lipinski definition) is 2. The van der Waals surface area contributed by atoms with Crippen LogP contribution in [0.3, 0.4) is 0 Å². The van der Waals surface area contributed by atoms with E-state index < -0.39 is 0 Å². The van der Waals surface area contributed by atoms with Gasteiger partial charge in [-0.3, -0.25) is 9.89 Å². The summed E-state index contributed by atoms with van der Waals surface area (Å²) >= 11 is 0. The second-order valence-corrected chi connectivity index (χ2v) is 4.31. The van der Waals surface area contributed by atoms with Crippen molar-refractivity contribution in [1.29, 1.82) is 0 Å². The smallest absolute Gasteiger partial charge is 0.259 e. The third kappa shape index (κ3) is 2.42. The van der Waals surface area contributed by atoms with E-state index >= 15 is 0 Å². The number of carbonyl (C=O) groups excluding carboxylic acids is 1. The predicted octanol–water partition coefficient (Wildman–Crippen LogP) is 2.84. The highest BCUT2D eigenvalue weighted by molar-refractivity contribution is 6.05. The van der Waals surface area contributed by atoms with Crippen LogP contribution in [-0.2, 0) is 6.42 Å². The zero-order valence-electron chi connectivity index (χ0n) is 10.9. The molecule has 0 fully saturated rings. The van der Waals surface area contributed by atoms with Crippen LogP contribution in [-0.4, -0.2) is 16.1 Å². The van der Waals surface area contributed by atoms with Gasteiger partial charge >= 0.3 is 0 Å². The van der Waals surface area contributed by atoms with Crippen molar-refractivity contribution in [3.05, 3.63) is 46.8 Å². The van der Waals surface area contributed by atoms with Gasteiger partial charge < -0.3 is 5.32 Å². The fourth-order valence-corrected chi connectivity index (χ4v) is 1.90. The van der Waals surface area contributed by atoms with E-state index in [0.717, 1.165) is 23.5 Å². The zero-order valence-corrected chi connectivity index (χ0v) is 10.9. The highest BCUT2D eigenvalue weighted by Crippen LogP contribution is 2.14. The minimum Gasteiger partial charge on any atom is -0.322 e. The Morgan fingerprint density at radius 2 is 1.94 bits per heavy atom. The Labute approximate surface area is 106 Å².